The Morgan fingerprint density at radius 3 is 2.57 bits per heavy atom. The van der Waals surface area contributed by atoms with Crippen LogP contribution in [0, 0.1) is 0 Å². The first-order valence-electron chi connectivity index (χ1n) is 9.31. The highest BCUT2D eigenvalue weighted by Crippen LogP contribution is 2.19. The molecule has 4 aromatic rings. The Hall–Kier alpha value is -3.18. The van der Waals surface area contributed by atoms with E-state index in [1.54, 1.807) is 0 Å². The summed E-state index contributed by atoms with van der Waals surface area (Å²) < 4.78 is 1.92. The van der Waals surface area contributed by atoms with Gasteiger partial charge in [0.2, 0.25) is 0 Å². The van der Waals surface area contributed by atoms with Crippen LogP contribution in [0.4, 0.5) is 5.82 Å². The summed E-state index contributed by atoms with van der Waals surface area (Å²) in [5.74, 6) is 0.734. The number of nitrogens with zero attached hydrogens (tertiary/aromatic N) is 2. The molecule has 4 nitrogen and oxygen atoms in total. The summed E-state index contributed by atoms with van der Waals surface area (Å²) in [7, 11) is 0. The molecule has 0 unspecified atom stereocenters. The number of anilines is 1. The first-order chi connectivity index (χ1) is 13.7. The lowest BCUT2D eigenvalue weighted by molar-refractivity contribution is 0.692. The summed E-state index contributed by atoms with van der Waals surface area (Å²) in [6.07, 6.45) is 1.97. The summed E-state index contributed by atoms with van der Waals surface area (Å²) >= 11 is 5.44. The average molecular weight is 387 g/mol. The molecule has 1 heterocycles. The van der Waals surface area contributed by atoms with E-state index >= 15 is 0 Å². The van der Waals surface area contributed by atoms with Crippen molar-refractivity contribution in [1.82, 2.24) is 15.1 Å². The molecular weight excluding hydrogens is 364 g/mol. The van der Waals surface area contributed by atoms with Crippen molar-refractivity contribution >= 4 is 33.9 Å². The van der Waals surface area contributed by atoms with E-state index < -0.39 is 0 Å². The molecular formula is C23H22N4S. The summed E-state index contributed by atoms with van der Waals surface area (Å²) in [5, 5.41) is 14.1. The molecule has 0 aliphatic heterocycles. The predicted molar refractivity (Wildman–Crippen MR) is 119 cm³/mol. The Labute approximate surface area is 170 Å². The number of hydrogen-bond acceptors (Lipinski definition) is 2. The van der Waals surface area contributed by atoms with Gasteiger partial charge in [-0.3, -0.25) is 4.68 Å². The van der Waals surface area contributed by atoms with Crippen LogP contribution < -0.4 is 10.6 Å². The van der Waals surface area contributed by atoms with E-state index in [9.17, 15) is 0 Å². The van der Waals surface area contributed by atoms with Crippen molar-refractivity contribution in [2.45, 2.75) is 19.5 Å². The molecule has 0 radical (unpaired) electrons. The monoisotopic (exact) mass is 386 g/mol. The molecule has 0 bridgehead atoms. The highest BCUT2D eigenvalue weighted by atomic mass is 32.1. The van der Waals surface area contributed by atoms with Gasteiger partial charge in [-0.1, -0.05) is 72.8 Å². The minimum atomic E-state index is 0.124. The van der Waals surface area contributed by atoms with Gasteiger partial charge in [0.15, 0.2) is 10.9 Å². The molecule has 5 heteroatoms. The molecule has 0 saturated heterocycles. The van der Waals surface area contributed by atoms with Crippen molar-refractivity contribution in [3.63, 3.8) is 0 Å². The molecule has 4 rings (SSSR count). The summed E-state index contributed by atoms with van der Waals surface area (Å²) in [6.45, 7) is 2.80. The second kappa shape index (κ2) is 8.23. The second-order valence-electron chi connectivity index (χ2n) is 6.77. The van der Waals surface area contributed by atoms with E-state index in [0.717, 1.165) is 5.82 Å². The number of benzene rings is 3. The van der Waals surface area contributed by atoms with E-state index in [1.807, 2.05) is 35.1 Å². The lowest BCUT2D eigenvalue weighted by Gasteiger charge is -2.16. The van der Waals surface area contributed by atoms with Gasteiger partial charge in [0, 0.05) is 12.3 Å². The van der Waals surface area contributed by atoms with E-state index in [0.29, 0.717) is 11.7 Å². The van der Waals surface area contributed by atoms with Gasteiger partial charge >= 0.3 is 0 Å². The van der Waals surface area contributed by atoms with Gasteiger partial charge in [0.05, 0.1) is 12.6 Å². The molecule has 0 fully saturated rings. The number of nitrogens with one attached hydrogen (secondary N) is 2. The van der Waals surface area contributed by atoms with Crippen LogP contribution in [0.2, 0.25) is 0 Å². The normalized spacial score (nSPS) is 11.9. The summed E-state index contributed by atoms with van der Waals surface area (Å²) in [6, 6.07) is 27.1. The summed E-state index contributed by atoms with van der Waals surface area (Å²) in [5.41, 5.74) is 2.43. The van der Waals surface area contributed by atoms with Crippen LogP contribution in [0.15, 0.2) is 85.1 Å². The molecule has 0 amide bonds. The van der Waals surface area contributed by atoms with Crippen LogP contribution in [0.3, 0.4) is 0 Å². The van der Waals surface area contributed by atoms with Crippen molar-refractivity contribution in [2.75, 3.05) is 5.32 Å². The third kappa shape index (κ3) is 4.21. The number of hydrogen-bond donors (Lipinski definition) is 2. The van der Waals surface area contributed by atoms with Gasteiger partial charge in [-0.05, 0) is 41.0 Å². The smallest absolute Gasteiger partial charge is 0.172 e. The minimum Gasteiger partial charge on any atom is -0.356 e. The third-order valence-corrected chi connectivity index (χ3v) is 4.96. The molecule has 0 aliphatic rings. The first-order valence-corrected chi connectivity index (χ1v) is 9.72. The SMILES string of the molecule is C[C@H](NC(=S)Nc1ccn(Cc2cccc3ccccc23)n1)c1ccccc1. The summed E-state index contributed by atoms with van der Waals surface area (Å²) in [4.78, 5) is 0. The fourth-order valence-corrected chi connectivity index (χ4v) is 3.58. The zero-order valence-electron chi connectivity index (χ0n) is 15.7. The predicted octanol–water partition coefficient (Wildman–Crippen LogP) is 5.13. The maximum Gasteiger partial charge on any atom is 0.172 e. The van der Waals surface area contributed by atoms with Crippen LogP contribution in [-0.4, -0.2) is 14.9 Å². The van der Waals surface area contributed by atoms with Crippen molar-refractivity contribution in [1.29, 1.82) is 0 Å². The fraction of sp³-hybridized carbons (Fsp3) is 0.130. The lowest BCUT2D eigenvalue weighted by Crippen LogP contribution is -2.31. The zero-order valence-corrected chi connectivity index (χ0v) is 16.5. The van der Waals surface area contributed by atoms with E-state index in [4.69, 9.17) is 12.2 Å². The first kappa shape index (κ1) is 18.2. The molecule has 28 heavy (non-hydrogen) atoms. The molecule has 0 spiro atoms. The number of thiocarbonyl (C=S) groups is 1. The molecule has 0 aliphatic carbocycles. The van der Waals surface area contributed by atoms with Gasteiger partial charge in [-0.15, -0.1) is 0 Å². The maximum absolute atomic E-state index is 5.44. The number of fused-ring (bicyclic) bond motifs is 1. The highest BCUT2D eigenvalue weighted by Gasteiger charge is 2.08. The number of aromatic nitrogens is 2. The molecule has 1 aromatic heterocycles. The van der Waals surface area contributed by atoms with Crippen LogP contribution in [0.1, 0.15) is 24.1 Å². The molecule has 0 saturated carbocycles. The fourth-order valence-electron chi connectivity index (χ4n) is 3.30. The largest absolute Gasteiger partial charge is 0.356 e. The van der Waals surface area contributed by atoms with Crippen molar-refractivity contribution in [3.8, 4) is 0 Å². The van der Waals surface area contributed by atoms with Crippen molar-refractivity contribution < 1.29 is 0 Å². The molecule has 3 aromatic carbocycles. The van der Waals surface area contributed by atoms with E-state index in [-0.39, 0.29) is 6.04 Å². The van der Waals surface area contributed by atoms with Gasteiger partial charge in [-0.2, -0.15) is 5.10 Å². The standard InChI is InChI=1S/C23H22N4S/c1-17(18-8-3-2-4-9-18)24-23(28)25-22-14-15-27(26-22)16-20-12-7-11-19-10-5-6-13-21(19)20/h2-15,17H,16H2,1H3,(H2,24,25,26,28)/t17-/m0/s1. The highest BCUT2D eigenvalue weighted by molar-refractivity contribution is 7.80. The lowest BCUT2D eigenvalue weighted by atomic mass is 10.0. The van der Waals surface area contributed by atoms with Crippen molar-refractivity contribution in [3.05, 3.63) is 96.2 Å². The molecule has 1 atom stereocenters. The van der Waals surface area contributed by atoms with Crippen molar-refractivity contribution in [2.24, 2.45) is 0 Å². The quantitative estimate of drug-likeness (QED) is 0.467. The maximum atomic E-state index is 5.44. The zero-order chi connectivity index (χ0) is 19.3. The van der Waals surface area contributed by atoms with Crippen LogP contribution >= 0.6 is 12.2 Å². The van der Waals surface area contributed by atoms with Crippen LogP contribution in [-0.2, 0) is 6.54 Å². The minimum absolute atomic E-state index is 0.124. The average Bonchev–Trinajstić information content (AvgIpc) is 3.15. The Kier molecular flexibility index (Phi) is 5.35. The second-order valence-corrected chi connectivity index (χ2v) is 7.18. The third-order valence-electron chi connectivity index (χ3n) is 4.74. The molecule has 140 valence electrons. The number of rotatable bonds is 5. The Balaban J connectivity index is 1.41. The Morgan fingerprint density at radius 1 is 0.964 bits per heavy atom. The van der Waals surface area contributed by atoms with Crippen LogP contribution in [0.5, 0.6) is 0 Å². The Morgan fingerprint density at radius 2 is 1.71 bits per heavy atom. The van der Waals surface area contributed by atoms with Crippen LogP contribution in [0.25, 0.3) is 10.8 Å². The van der Waals surface area contributed by atoms with Gasteiger partial charge in [-0.25, -0.2) is 0 Å². The van der Waals surface area contributed by atoms with E-state index in [2.05, 4.69) is 77.3 Å². The van der Waals surface area contributed by atoms with Gasteiger partial charge < -0.3 is 10.6 Å². The van der Waals surface area contributed by atoms with Gasteiger partial charge in [0.1, 0.15) is 0 Å². The molecule has 2 N–H and O–H groups in total. The van der Waals surface area contributed by atoms with Gasteiger partial charge in [0.25, 0.3) is 0 Å². The Bertz CT molecular complexity index is 1080. The van der Waals surface area contributed by atoms with E-state index in [1.165, 1.54) is 21.9 Å². The topological polar surface area (TPSA) is 41.9 Å².